The fourth-order valence-corrected chi connectivity index (χ4v) is 3.84. The van der Waals surface area contributed by atoms with Gasteiger partial charge in [0.05, 0.1) is 0 Å². The Bertz CT molecular complexity index is 1020. The molecule has 0 saturated heterocycles. The smallest absolute Gasteiger partial charge is 0.139 e. The van der Waals surface area contributed by atoms with Crippen LogP contribution in [0, 0.1) is 0 Å². The molecule has 0 bridgehead atoms. The molecule has 1 N–H and O–H groups in total. The number of hydrogen-bond donors (Lipinski definition) is 1. The van der Waals surface area contributed by atoms with Crippen LogP contribution in [-0.4, -0.2) is 24.8 Å². The predicted molar refractivity (Wildman–Crippen MR) is 99.9 cm³/mol. The Kier molecular flexibility index (Phi) is 3.44. The number of anilines is 1. The third-order valence-electron chi connectivity index (χ3n) is 5.14. The van der Waals surface area contributed by atoms with Crippen molar-refractivity contribution < 1.29 is 0 Å². The minimum atomic E-state index is 0.532. The van der Waals surface area contributed by atoms with E-state index in [2.05, 4.69) is 45.3 Å². The normalized spacial score (nSPS) is 15.8. The third-order valence-corrected chi connectivity index (χ3v) is 5.14. The number of fused-ring (bicyclic) bond motifs is 2. The van der Waals surface area contributed by atoms with Gasteiger partial charge in [0.15, 0.2) is 0 Å². The zero-order chi connectivity index (χ0) is 16.6. The van der Waals surface area contributed by atoms with E-state index in [0.717, 1.165) is 28.4 Å². The molecule has 126 valence electrons. The quantitative estimate of drug-likeness (QED) is 0.605. The van der Waals surface area contributed by atoms with E-state index in [1.165, 1.54) is 32.1 Å². The molecule has 5 heteroatoms. The van der Waals surface area contributed by atoms with E-state index in [9.17, 15) is 0 Å². The molecule has 0 aromatic carbocycles. The number of nitrogens with one attached hydrogen (secondary N) is 1. The highest BCUT2D eigenvalue weighted by Gasteiger charge is 2.19. The van der Waals surface area contributed by atoms with Crippen molar-refractivity contribution in [2.45, 2.75) is 38.1 Å². The van der Waals surface area contributed by atoms with Gasteiger partial charge < -0.3 is 9.72 Å². The minimum Gasteiger partial charge on any atom is -0.367 e. The second-order valence-corrected chi connectivity index (χ2v) is 6.83. The number of rotatable bonds is 3. The summed E-state index contributed by atoms with van der Waals surface area (Å²) < 4.78 is 4.21. The van der Waals surface area contributed by atoms with Gasteiger partial charge in [0.1, 0.15) is 22.8 Å². The SMILES string of the molecule is c1ccn2c(NC3CCCCC3)c(-c3ccc4nccn4c3)nc2c1. The van der Waals surface area contributed by atoms with Crippen molar-refractivity contribution in [2.24, 2.45) is 0 Å². The predicted octanol–water partition coefficient (Wildman–Crippen LogP) is 4.39. The minimum absolute atomic E-state index is 0.532. The van der Waals surface area contributed by atoms with Gasteiger partial charge in [-0.05, 0) is 37.1 Å². The summed E-state index contributed by atoms with van der Waals surface area (Å²) in [5, 5.41) is 3.79. The third kappa shape index (κ3) is 2.56. The first-order chi connectivity index (χ1) is 12.4. The van der Waals surface area contributed by atoms with Gasteiger partial charge in [0.25, 0.3) is 0 Å². The average molecular weight is 331 g/mol. The van der Waals surface area contributed by atoms with Crippen LogP contribution in [0.25, 0.3) is 22.6 Å². The summed E-state index contributed by atoms with van der Waals surface area (Å²) in [5.74, 6) is 1.10. The van der Waals surface area contributed by atoms with Gasteiger partial charge in [-0.1, -0.05) is 25.3 Å². The lowest BCUT2D eigenvalue weighted by atomic mass is 9.95. The molecule has 4 aromatic heterocycles. The van der Waals surface area contributed by atoms with Gasteiger partial charge in [-0.3, -0.25) is 4.40 Å². The highest BCUT2D eigenvalue weighted by molar-refractivity contribution is 5.77. The Morgan fingerprint density at radius 1 is 0.960 bits per heavy atom. The van der Waals surface area contributed by atoms with Crippen molar-refractivity contribution in [1.82, 2.24) is 18.8 Å². The summed E-state index contributed by atoms with van der Waals surface area (Å²) in [6.07, 6.45) is 14.4. The van der Waals surface area contributed by atoms with Crippen LogP contribution in [-0.2, 0) is 0 Å². The summed E-state index contributed by atoms with van der Waals surface area (Å²) in [4.78, 5) is 9.24. The van der Waals surface area contributed by atoms with E-state index < -0.39 is 0 Å². The maximum absolute atomic E-state index is 4.91. The number of hydrogen-bond acceptors (Lipinski definition) is 3. The molecule has 4 aromatic rings. The monoisotopic (exact) mass is 331 g/mol. The highest BCUT2D eigenvalue weighted by atomic mass is 15.1. The molecule has 0 atom stereocenters. The maximum Gasteiger partial charge on any atom is 0.139 e. The number of pyridine rings is 2. The number of imidazole rings is 2. The molecule has 1 aliphatic rings. The van der Waals surface area contributed by atoms with Crippen molar-refractivity contribution in [2.75, 3.05) is 5.32 Å². The molecule has 0 radical (unpaired) electrons. The van der Waals surface area contributed by atoms with Crippen molar-refractivity contribution in [3.8, 4) is 11.3 Å². The second-order valence-electron chi connectivity index (χ2n) is 6.83. The lowest BCUT2D eigenvalue weighted by molar-refractivity contribution is 0.462. The van der Waals surface area contributed by atoms with Gasteiger partial charge in [-0.15, -0.1) is 0 Å². The Morgan fingerprint density at radius 2 is 1.88 bits per heavy atom. The fraction of sp³-hybridized carbons (Fsp3) is 0.300. The Morgan fingerprint density at radius 3 is 2.80 bits per heavy atom. The van der Waals surface area contributed by atoms with Gasteiger partial charge in [-0.2, -0.15) is 0 Å². The van der Waals surface area contributed by atoms with Crippen molar-refractivity contribution in [1.29, 1.82) is 0 Å². The molecule has 0 unspecified atom stereocenters. The van der Waals surface area contributed by atoms with Crippen LogP contribution in [0.5, 0.6) is 0 Å². The first kappa shape index (κ1) is 14.5. The zero-order valence-electron chi connectivity index (χ0n) is 14.1. The molecule has 25 heavy (non-hydrogen) atoms. The summed E-state index contributed by atoms with van der Waals surface area (Å²) in [6, 6.07) is 10.8. The van der Waals surface area contributed by atoms with Crippen LogP contribution in [0.15, 0.2) is 55.1 Å². The van der Waals surface area contributed by atoms with E-state index in [0.29, 0.717) is 6.04 Å². The standard InChI is InChI=1S/C20H21N5/c1-2-6-16(7-3-1)22-20-19(23-18-8-4-5-12-25(18)20)15-9-10-17-21-11-13-24(17)14-15/h4-5,8-14,16,22H,1-3,6-7H2. The van der Waals surface area contributed by atoms with Gasteiger partial charge in [0, 0.05) is 36.4 Å². The molecule has 1 aliphatic carbocycles. The second kappa shape index (κ2) is 5.92. The molecular weight excluding hydrogens is 310 g/mol. The van der Waals surface area contributed by atoms with E-state index in [4.69, 9.17) is 4.98 Å². The Labute approximate surface area is 146 Å². The van der Waals surface area contributed by atoms with E-state index in [1.54, 1.807) is 0 Å². The molecule has 0 amide bonds. The molecule has 1 fully saturated rings. The van der Waals surface area contributed by atoms with E-state index in [1.807, 2.05) is 28.9 Å². The Hall–Kier alpha value is -2.82. The number of nitrogens with zero attached hydrogens (tertiary/aromatic N) is 4. The fourth-order valence-electron chi connectivity index (χ4n) is 3.84. The van der Waals surface area contributed by atoms with E-state index >= 15 is 0 Å². The molecule has 0 aliphatic heterocycles. The van der Waals surface area contributed by atoms with Crippen LogP contribution < -0.4 is 5.32 Å². The summed E-state index contributed by atoms with van der Waals surface area (Å²) in [6.45, 7) is 0. The topological polar surface area (TPSA) is 46.6 Å². The van der Waals surface area contributed by atoms with Crippen molar-refractivity contribution in [3.63, 3.8) is 0 Å². The Balaban J connectivity index is 1.64. The summed E-state index contributed by atoms with van der Waals surface area (Å²) >= 11 is 0. The van der Waals surface area contributed by atoms with Gasteiger partial charge in [-0.25, -0.2) is 9.97 Å². The first-order valence-corrected chi connectivity index (χ1v) is 9.05. The molecule has 5 nitrogen and oxygen atoms in total. The largest absolute Gasteiger partial charge is 0.367 e. The first-order valence-electron chi connectivity index (χ1n) is 9.05. The summed E-state index contributed by atoms with van der Waals surface area (Å²) in [5.41, 5.74) is 4.04. The molecule has 0 spiro atoms. The highest BCUT2D eigenvalue weighted by Crippen LogP contribution is 2.31. The molecule has 1 saturated carbocycles. The van der Waals surface area contributed by atoms with Gasteiger partial charge >= 0.3 is 0 Å². The van der Waals surface area contributed by atoms with Crippen LogP contribution in [0.3, 0.4) is 0 Å². The van der Waals surface area contributed by atoms with Crippen molar-refractivity contribution in [3.05, 3.63) is 55.1 Å². The average Bonchev–Trinajstić information content (AvgIpc) is 3.27. The van der Waals surface area contributed by atoms with Crippen LogP contribution in [0.1, 0.15) is 32.1 Å². The maximum atomic E-state index is 4.91. The van der Waals surface area contributed by atoms with Gasteiger partial charge in [0.2, 0.25) is 0 Å². The van der Waals surface area contributed by atoms with Crippen LogP contribution in [0.2, 0.25) is 0 Å². The summed E-state index contributed by atoms with van der Waals surface area (Å²) in [7, 11) is 0. The molecule has 5 rings (SSSR count). The lowest BCUT2D eigenvalue weighted by Gasteiger charge is -2.24. The van der Waals surface area contributed by atoms with Crippen molar-refractivity contribution >= 4 is 17.1 Å². The van der Waals surface area contributed by atoms with Crippen LogP contribution in [0.4, 0.5) is 5.82 Å². The number of aromatic nitrogens is 4. The lowest BCUT2D eigenvalue weighted by Crippen LogP contribution is -2.23. The molecule has 4 heterocycles. The van der Waals surface area contributed by atoms with Crippen LogP contribution >= 0.6 is 0 Å². The zero-order valence-corrected chi connectivity index (χ0v) is 14.1. The molecular formula is C20H21N5. The van der Waals surface area contributed by atoms with E-state index in [-0.39, 0.29) is 0 Å².